The molecule has 0 aliphatic rings. The Labute approximate surface area is 158 Å². The lowest BCUT2D eigenvalue weighted by atomic mass is 10.2. The molecular formula is C17H12Cl2N4O3. The van der Waals surface area contributed by atoms with E-state index in [-0.39, 0.29) is 16.3 Å². The quantitative estimate of drug-likeness (QED) is 0.516. The van der Waals surface area contributed by atoms with Gasteiger partial charge in [0, 0.05) is 22.8 Å². The van der Waals surface area contributed by atoms with Crippen molar-refractivity contribution in [2.45, 2.75) is 6.54 Å². The van der Waals surface area contributed by atoms with Gasteiger partial charge in [0.05, 0.1) is 23.4 Å². The Balaban J connectivity index is 1.72. The van der Waals surface area contributed by atoms with Gasteiger partial charge in [-0.3, -0.25) is 19.6 Å². The molecule has 0 radical (unpaired) electrons. The molecular weight excluding hydrogens is 379 g/mol. The second-order valence-electron chi connectivity index (χ2n) is 5.43. The number of anilines is 1. The maximum atomic E-state index is 12.3. The monoisotopic (exact) mass is 390 g/mol. The number of benzene rings is 2. The molecule has 2 aromatic carbocycles. The molecule has 26 heavy (non-hydrogen) atoms. The van der Waals surface area contributed by atoms with E-state index in [2.05, 4.69) is 10.4 Å². The Morgan fingerprint density at radius 3 is 2.77 bits per heavy atom. The lowest BCUT2D eigenvalue weighted by molar-refractivity contribution is -0.384. The number of nitro groups is 1. The third kappa shape index (κ3) is 4.19. The van der Waals surface area contributed by atoms with Gasteiger partial charge in [-0.2, -0.15) is 5.10 Å². The zero-order chi connectivity index (χ0) is 18.7. The predicted molar refractivity (Wildman–Crippen MR) is 98.8 cm³/mol. The summed E-state index contributed by atoms with van der Waals surface area (Å²) >= 11 is 11.7. The molecule has 7 nitrogen and oxygen atoms in total. The minimum atomic E-state index is -0.637. The number of hydrogen-bond donors (Lipinski definition) is 1. The maximum absolute atomic E-state index is 12.3. The average Bonchev–Trinajstić information content (AvgIpc) is 3.01. The van der Waals surface area contributed by atoms with Gasteiger partial charge in [0.2, 0.25) is 0 Å². The zero-order valence-corrected chi connectivity index (χ0v) is 14.7. The molecule has 0 bridgehead atoms. The zero-order valence-electron chi connectivity index (χ0n) is 13.2. The Bertz CT molecular complexity index is 988. The molecule has 1 aromatic heterocycles. The van der Waals surface area contributed by atoms with E-state index in [9.17, 15) is 14.9 Å². The molecule has 3 aromatic rings. The lowest BCUT2D eigenvalue weighted by Gasteiger charge is -2.04. The first-order chi connectivity index (χ1) is 12.4. The Kier molecular flexibility index (Phi) is 5.20. The van der Waals surface area contributed by atoms with Gasteiger partial charge < -0.3 is 5.32 Å². The van der Waals surface area contributed by atoms with Gasteiger partial charge in [-0.25, -0.2) is 0 Å². The Morgan fingerprint density at radius 1 is 1.23 bits per heavy atom. The number of aromatic nitrogens is 2. The number of carbonyl (C=O) groups excluding carboxylic acids is 1. The van der Waals surface area contributed by atoms with Gasteiger partial charge in [-0.1, -0.05) is 35.3 Å². The normalized spacial score (nSPS) is 10.5. The van der Waals surface area contributed by atoms with Crippen LogP contribution in [0.3, 0.4) is 0 Å². The van der Waals surface area contributed by atoms with Crippen molar-refractivity contribution in [1.82, 2.24) is 9.78 Å². The Morgan fingerprint density at radius 2 is 2.04 bits per heavy atom. The molecule has 0 spiro atoms. The van der Waals surface area contributed by atoms with Crippen LogP contribution in [0.25, 0.3) is 0 Å². The summed E-state index contributed by atoms with van der Waals surface area (Å²) in [5.41, 5.74) is 1.24. The van der Waals surface area contributed by atoms with Crippen molar-refractivity contribution in [3.05, 3.63) is 86.1 Å². The first-order valence-corrected chi connectivity index (χ1v) is 8.20. The highest BCUT2D eigenvalue weighted by atomic mass is 35.5. The molecule has 0 saturated heterocycles. The van der Waals surface area contributed by atoms with Gasteiger partial charge in [0.25, 0.3) is 11.6 Å². The van der Waals surface area contributed by atoms with Crippen LogP contribution >= 0.6 is 23.2 Å². The summed E-state index contributed by atoms with van der Waals surface area (Å²) in [5.74, 6) is -0.493. The first-order valence-electron chi connectivity index (χ1n) is 7.44. The third-order valence-electron chi connectivity index (χ3n) is 3.53. The molecule has 0 aliphatic heterocycles. The second kappa shape index (κ2) is 7.55. The van der Waals surface area contributed by atoms with Crippen molar-refractivity contribution < 1.29 is 9.72 Å². The molecule has 1 heterocycles. The molecule has 1 amide bonds. The van der Waals surface area contributed by atoms with E-state index in [1.165, 1.54) is 18.3 Å². The molecule has 0 fully saturated rings. The van der Waals surface area contributed by atoms with Crippen LogP contribution in [0.2, 0.25) is 10.0 Å². The van der Waals surface area contributed by atoms with E-state index >= 15 is 0 Å². The van der Waals surface area contributed by atoms with Crippen molar-refractivity contribution in [3.8, 4) is 0 Å². The summed E-state index contributed by atoms with van der Waals surface area (Å²) in [6.45, 7) is 0.489. The summed E-state index contributed by atoms with van der Waals surface area (Å²) in [6, 6.07) is 11.2. The standard InChI is InChI=1S/C17H12Cl2N4O3/c18-13-3-1-2-11(6-13)9-22-10-14(8-20-22)21-17(24)12-4-5-15(19)16(7-12)23(25)26/h1-8,10H,9H2,(H,21,24). The van der Waals surface area contributed by atoms with Gasteiger partial charge in [0.15, 0.2) is 0 Å². The van der Waals surface area contributed by atoms with Crippen LogP contribution in [0.5, 0.6) is 0 Å². The summed E-state index contributed by atoms with van der Waals surface area (Å²) < 4.78 is 1.64. The minimum absolute atomic E-state index is 0.0270. The number of nitrogens with zero attached hydrogens (tertiary/aromatic N) is 3. The van der Waals surface area contributed by atoms with Gasteiger partial charge >= 0.3 is 0 Å². The fourth-order valence-corrected chi connectivity index (χ4v) is 2.73. The molecule has 3 rings (SSSR count). The first kappa shape index (κ1) is 17.9. The van der Waals surface area contributed by atoms with Crippen LogP contribution in [0.15, 0.2) is 54.9 Å². The van der Waals surface area contributed by atoms with Crippen molar-refractivity contribution >= 4 is 40.5 Å². The summed E-state index contributed by atoms with van der Waals surface area (Å²) in [6.07, 6.45) is 3.15. The highest BCUT2D eigenvalue weighted by Crippen LogP contribution is 2.25. The number of amides is 1. The molecule has 0 saturated carbocycles. The number of halogens is 2. The van der Waals surface area contributed by atoms with Crippen LogP contribution in [0.4, 0.5) is 11.4 Å². The van der Waals surface area contributed by atoms with E-state index in [0.717, 1.165) is 11.6 Å². The minimum Gasteiger partial charge on any atom is -0.319 e. The SMILES string of the molecule is O=C(Nc1cnn(Cc2cccc(Cl)c2)c1)c1ccc(Cl)c([N+](=O)[O-])c1. The highest BCUT2D eigenvalue weighted by molar-refractivity contribution is 6.32. The summed E-state index contributed by atoms with van der Waals surface area (Å²) in [5, 5.41) is 18.4. The molecule has 0 atom stereocenters. The average molecular weight is 391 g/mol. The van der Waals surface area contributed by atoms with E-state index in [4.69, 9.17) is 23.2 Å². The number of rotatable bonds is 5. The number of hydrogen-bond acceptors (Lipinski definition) is 4. The lowest BCUT2D eigenvalue weighted by Crippen LogP contribution is -2.11. The summed E-state index contributed by atoms with van der Waals surface area (Å²) in [4.78, 5) is 22.6. The van der Waals surface area contributed by atoms with Gasteiger partial charge in [-0.15, -0.1) is 0 Å². The highest BCUT2D eigenvalue weighted by Gasteiger charge is 2.16. The molecule has 0 unspecified atom stereocenters. The molecule has 1 N–H and O–H groups in total. The molecule has 9 heteroatoms. The number of nitrogens with one attached hydrogen (secondary N) is 1. The third-order valence-corrected chi connectivity index (χ3v) is 4.08. The Hall–Kier alpha value is -2.90. The van der Waals surface area contributed by atoms with E-state index in [1.807, 2.05) is 18.2 Å². The van der Waals surface area contributed by atoms with Crippen LogP contribution in [0.1, 0.15) is 15.9 Å². The molecule has 132 valence electrons. The van der Waals surface area contributed by atoms with Crippen molar-refractivity contribution in [1.29, 1.82) is 0 Å². The number of carbonyl (C=O) groups is 1. The predicted octanol–water partition coefficient (Wildman–Crippen LogP) is 4.40. The largest absolute Gasteiger partial charge is 0.319 e. The van der Waals surface area contributed by atoms with Crippen molar-refractivity contribution in [3.63, 3.8) is 0 Å². The van der Waals surface area contributed by atoms with Gasteiger partial charge in [0.1, 0.15) is 5.02 Å². The van der Waals surface area contributed by atoms with Crippen LogP contribution in [-0.2, 0) is 6.54 Å². The van der Waals surface area contributed by atoms with E-state index in [0.29, 0.717) is 17.3 Å². The van der Waals surface area contributed by atoms with Crippen LogP contribution in [0, 0.1) is 10.1 Å². The fourth-order valence-electron chi connectivity index (χ4n) is 2.33. The van der Waals surface area contributed by atoms with Crippen molar-refractivity contribution in [2.24, 2.45) is 0 Å². The van der Waals surface area contributed by atoms with Crippen molar-refractivity contribution in [2.75, 3.05) is 5.32 Å². The van der Waals surface area contributed by atoms with Gasteiger partial charge in [-0.05, 0) is 29.8 Å². The second-order valence-corrected chi connectivity index (χ2v) is 6.28. The topological polar surface area (TPSA) is 90.1 Å². The van der Waals surface area contributed by atoms with Crippen LogP contribution < -0.4 is 5.32 Å². The summed E-state index contributed by atoms with van der Waals surface area (Å²) in [7, 11) is 0. The van der Waals surface area contributed by atoms with E-state index < -0.39 is 10.8 Å². The van der Waals surface area contributed by atoms with Crippen LogP contribution in [-0.4, -0.2) is 20.6 Å². The maximum Gasteiger partial charge on any atom is 0.288 e. The van der Waals surface area contributed by atoms with E-state index in [1.54, 1.807) is 16.9 Å². The smallest absolute Gasteiger partial charge is 0.288 e. The molecule has 0 aliphatic carbocycles. The fraction of sp³-hybridized carbons (Fsp3) is 0.0588. The number of nitro benzene ring substituents is 1.